The molecule has 2 aliphatic carbocycles. The third kappa shape index (κ3) is 7.17. The molecular weight excluding hydrogens is 1120 g/mol. The summed E-state index contributed by atoms with van der Waals surface area (Å²) in [6.07, 6.45) is 10.6. The van der Waals surface area contributed by atoms with Crippen molar-refractivity contribution in [3.8, 4) is 44.5 Å². The van der Waals surface area contributed by atoms with E-state index in [1.165, 1.54) is 120 Å². The Kier molecular flexibility index (Phi) is 10.3. The molecule has 15 aromatic carbocycles. The van der Waals surface area contributed by atoms with Crippen LogP contribution in [0.4, 0.5) is 0 Å². The zero-order chi connectivity index (χ0) is 59.9. The molecule has 0 aliphatic heterocycles. The van der Waals surface area contributed by atoms with Gasteiger partial charge in [-0.25, -0.2) is 0 Å². The molecule has 428 valence electrons. The smallest absolute Gasteiger partial charge is 0.143 e. The fraction of sp³-hybridized carbons (Fsp3) is 0.0455. The lowest BCUT2D eigenvalue weighted by atomic mass is 9.83. The lowest BCUT2D eigenvalue weighted by Gasteiger charge is -2.21. The molecule has 4 heteroatoms. The molecule has 0 unspecified atom stereocenters. The van der Waals surface area contributed by atoms with Gasteiger partial charge < -0.3 is 17.7 Å². The molecule has 0 amide bonds. The molecule has 92 heavy (non-hydrogen) atoms. The molecule has 2 aliphatic rings. The van der Waals surface area contributed by atoms with Gasteiger partial charge in [-0.15, -0.1) is 0 Å². The van der Waals surface area contributed by atoms with Crippen LogP contribution in [-0.4, -0.2) is 0 Å². The van der Waals surface area contributed by atoms with E-state index in [-0.39, 0.29) is 0 Å². The number of furan rings is 4. The molecule has 0 fully saturated rings. The Hall–Kier alpha value is -11.7. The predicted octanol–water partition coefficient (Wildman–Crippen LogP) is 25.2. The fourth-order valence-corrected chi connectivity index (χ4v) is 16.5. The number of hydrogen-bond donors (Lipinski definition) is 0. The first kappa shape index (κ1) is 50.2. The summed E-state index contributed by atoms with van der Waals surface area (Å²) < 4.78 is 26.8. The Morgan fingerprint density at radius 2 is 0.761 bits per heavy atom. The van der Waals surface area contributed by atoms with E-state index in [2.05, 4.69) is 267 Å². The molecule has 0 N–H and O–H groups in total. The zero-order valence-electron chi connectivity index (χ0n) is 49.9. The molecule has 4 heterocycles. The molecule has 4 aromatic heterocycles. The van der Waals surface area contributed by atoms with Crippen molar-refractivity contribution in [3.63, 3.8) is 0 Å². The van der Waals surface area contributed by atoms with Gasteiger partial charge in [-0.2, -0.15) is 0 Å². The van der Waals surface area contributed by atoms with Crippen LogP contribution in [0.15, 0.2) is 272 Å². The summed E-state index contributed by atoms with van der Waals surface area (Å²) in [4.78, 5) is 0. The maximum Gasteiger partial charge on any atom is 0.143 e. The van der Waals surface area contributed by atoms with Crippen molar-refractivity contribution in [1.29, 1.82) is 0 Å². The highest BCUT2D eigenvalue weighted by atomic mass is 16.3. The monoisotopic (exact) mass is 1170 g/mol. The maximum atomic E-state index is 6.96. The first-order chi connectivity index (χ1) is 45.6. The number of benzene rings is 15. The first-order valence-corrected chi connectivity index (χ1v) is 32.1. The molecule has 21 rings (SSSR count). The van der Waals surface area contributed by atoms with Crippen molar-refractivity contribution in [1.82, 2.24) is 0 Å². The Morgan fingerprint density at radius 1 is 0.272 bits per heavy atom. The summed E-state index contributed by atoms with van der Waals surface area (Å²) >= 11 is 0. The molecule has 19 aromatic rings. The molecule has 0 saturated carbocycles. The normalized spacial score (nSPS) is 13.5. The van der Waals surface area contributed by atoms with Crippen LogP contribution in [-0.2, 0) is 12.8 Å². The minimum absolute atomic E-state index is 0.871. The lowest BCUT2D eigenvalue weighted by molar-refractivity contribution is 0.595. The molecular formula is C88H52O4. The van der Waals surface area contributed by atoms with Gasteiger partial charge in [0.05, 0.1) is 0 Å². The molecule has 0 atom stereocenters. The van der Waals surface area contributed by atoms with E-state index in [0.29, 0.717) is 0 Å². The quantitative estimate of drug-likeness (QED) is 0.161. The minimum atomic E-state index is 0.871. The number of hydrogen-bond acceptors (Lipinski definition) is 4. The highest BCUT2D eigenvalue weighted by Crippen LogP contribution is 2.49. The van der Waals surface area contributed by atoms with E-state index in [1.807, 2.05) is 0 Å². The van der Waals surface area contributed by atoms with Crippen LogP contribution in [0, 0.1) is 0 Å². The standard InChI is InChI=1S/C88H52O4/c1-3-18-60-53(13-1)44-54-14-2-4-19-61(54)82(60)56-29-33-74-80(47-56)91-78-42-39-71-69(87(74)78)35-36-70-62-32-28-50(46-79(62)92-88(70)71)49-27-31-59-51(43-49)16-12-25-58(59)52-15-11-17-55(45-52)83-63-20-5-7-22-65(63)84(66-23-8-6-21-64(66)83)57-30-34-73-81(48-57)90-77-41-38-67-68(86(73)77)37-40-76-85(67)72-24-9-10-26-75(72)89-76/h1-8,10-23,25-26,28-30,32-48H,9,24,27,31H2. The van der Waals surface area contributed by atoms with E-state index in [9.17, 15) is 0 Å². The van der Waals surface area contributed by atoms with Gasteiger partial charge in [-0.3, -0.25) is 0 Å². The van der Waals surface area contributed by atoms with Crippen molar-refractivity contribution in [2.45, 2.75) is 25.7 Å². The van der Waals surface area contributed by atoms with E-state index in [0.717, 1.165) is 125 Å². The third-order valence-corrected chi connectivity index (χ3v) is 20.6. The summed E-state index contributed by atoms with van der Waals surface area (Å²) in [5.74, 6) is 0.986. The number of allylic oxidation sites excluding steroid dienone is 2. The number of fused-ring (bicyclic) bond motifs is 23. The third-order valence-electron chi connectivity index (χ3n) is 20.6. The zero-order valence-corrected chi connectivity index (χ0v) is 49.9. The van der Waals surface area contributed by atoms with Crippen molar-refractivity contribution in [3.05, 3.63) is 283 Å². The van der Waals surface area contributed by atoms with Gasteiger partial charge in [0.1, 0.15) is 44.8 Å². The predicted molar refractivity (Wildman–Crippen MR) is 385 cm³/mol. The molecule has 4 nitrogen and oxygen atoms in total. The minimum Gasteiger partial charge on any atom is -0.456 e. The van der Waals surface area contributed by atoms with Crippen LogP contribution < -0.4 is 0 Å². The Bertz CT molecular complexity index is 6460. The van der Waals surface area contributed by atoms with Gasteiger partial charge in [0.15, 0.2) is 0 Å². The van der Waals surface area contributed by atoms with E-state index in [4.69, 9.17) is 17.7 Å². The first-order valence-electron chi connectivity index (χ1n) is 32.1. The van der Waals surface area contributed by atoms with Crippen LogP contribution >= 0.6 is 0 Å². The highest BCUT2D eigenvalue weighted by Gasteiger charge is 2.25. The van der Waals surface area contributed by atoms with Gasteiger partial charge in [0.25, 0.3) is 0 Å². The Balaban J connectivity index is 0.620. The van der Waals surface area contributed by atoms with Gasteiger partial charge in [0, 0.05) is 48.7 Å². The van der Waals surface area contributed by atoms with Crippen LogP contribution in [0.5, 0.6) is 0 Å². The van der Waals surface area contributed by atoms with E-state index >= 15 is 0 Å². The molecule has 0 bridgehead atoms. The molecule has 0 saturated heterocycles. The Labute approximate surface area is 526 Å². The average molecular weight is 1170 g/mol. The second kappa shape index (κ2) is 18.9. The van der Waals surface area contributed by atoms with Crippen molar-refractivity contribution in [2.75, 3.05) is 0 Å². The van der Waals surface area contributed by atoms with Crippen molar-refractivity contribution < 1.29 is 17.7 Å². The van der Waals surface area contributed by atoms with E-state index < -0.39 is 0 Å². The second-order valence-electron chi connectivity index (χ2n) is 25.4. The van der Waals surface area contributed by atoms with Crippen LogP contribution in [0.25, 0.3) is 204 Å². The second-order valence-corrected chi connectivity index (χ2v) is 25.4. The van der Waals surface area contributed by atoms with Gasteiger partial charge in [-0.1, -0.05) is 170 Å². The molecule has 0 radical (unpaired) electrons. The highest BCUT2D eigenvalue weighted by molar-refractivity contribution is 6.28. The van der Waals surface area contributed by atoms with Gasteiger partial charge in [-0.05, 0) is 249 Å². The maximum absolute atomic E-state index is 6.96. The summed E-state index contributed by atoms with van der Waals surface area (Å²) in [6.45, 7) is 0. The molecule has 0 spiro atoms. The fourth-order valence-electron chi connectivity index (χ4n) is 16.5. The summed E-state index contributed by atoms with van der Waals surface area (Å²) in [5.41, 5.74) is 22.4. The van der Waals surface area contributed by atoms with Gasteiger partial charge in [0.2, 0.25) is 0 Å². The summed E-state index contributed by atoms with van der Waals surface area (Å²) in [6, 6.07) is 91.5. The lowest BCUT2D eigenvalue weighted by Crippen LogP contribution is -2.01. The Morgan fingerprint density at radius 3 is 1.45 bits per heavy atom. The van der Waals surface area contributed by atoms with Gasteiger partial charge >= 0.3 is 0 Å². The SMILES string of the molecule is C1=Cc2oc3ccc4c(ccc5oc6cc(-c7c8ccccc8c(-c8cccc(-c9cccc%10c9CCC(c9ccc%11c(c9)oc9c%11ccc%11c9ccc9oc%12cc(-c%13c%14ccccc%14cc%14ccccc%13%14)ccc%12c9%11)=C%10)c8)c8ccccc78)ccc6c54)c3c2CC1. The number of rotatable bonds is 5. The largest absolute Gasteiger partial charge is 0.456 e. The summed E-state index contributed by atoms with van der Waals surface area (Å²) in [5, 5.41) is 22.4. The van der Waals surface area contributed by atoms with Crippen LogP contribution in [0.1, 0.15) is 40.9 Å². The van der Waals surface area contributed by atoms with Crippen molar-refractivity contribution >= 4 is 159 Å². The van der Waals surface area contributed by atoms with Crippen LogP contribution in [0.3, 0.4) is 0 Å². The average Bonchev–Trinajstić information content (AvgIpc) is 1.45. The van der Waals surface area contributed by atoms with Crippen molar-refractivity contribution in [2.24, 2.45) is 0 Å². The summed E-state index contributed by atoms with van der Waals surface area (Å²) in [7, 11) is 0. The topological polar surface area (TPSA) is 52.6 Å². The van der Waals surface area contributed by atoms with Crippen LogP contribution in [0.2, 0.25) is 0 Å². The number of aryl methyl sites for hydroxylation is 1. The van der Waals surface area contributed by atoms with E-state index in [1.54, 1.807) is 0 Å².